The number of hydrogen-bond acceptors (Lipinski definition) is 3. The van der Waals surface area contributed by atoms with Gasteiger partial charge in [0, 0.05) is 23.2 Å². The lowest BCUT2D eigenvalue weighted by atomic mass is 10.1. The summed E-state index contributed by atoms with van der Waals surface area (Å²) in [7, 11) is 3.31. The van der Waals surface area contributed by atoms with E-state index in [2.05, 4.69) is 17.1 Å². The van der Waals surface area contributed by atoms with Gasteiger partial charge in [-0.25, -0.2) is 0 Å². The maximum atomic E-state index is 5.42. The Balaban J connectivity index is 2.00. The number of benzene rings is 2. The Morgan fingerprint density at radius 1 is 0.864 bits per heavy atom. The molecule has 3 nitrogen and oxygen atoms in total. The topological polar surface area (TPSA) is 31.4 Å². The Bertz CT molecular complexity index is 819. The molecule has 1 heterocycles. The van der Waals surface area contributed by atoms with E-state index in [1.165, 1.54) is 0 Å². The van der Waals surface area contributed by atoms with E-state index < -0.39 is 0 Å². The molecule has 0 aliphatic heterocycles. The first kappa shape index (κ1) is 14.1. The molecule has 3 heteroatoms. The van der Waals surface area contributed by atoms with Crippen LogP contribution in [0.4, 0.5) is 0 Å². The van der Waals surface area contributed by atoms with Crippen molar-refractivity contribution in [2.75, 3.05) is 14.2 Å². The van der Waals surface area contributed by atoms with Gasteiger partial charge in [0.05, 0.1) is 19.7 Å². The molecule has 0 N–H and O–H groups in total. The van der Waals surface area contributed by atoms with Crippen LogP contribution in [0.3, 0.4) is 0 Å². The summed E-state index contributed by atoms with van der Waals surface area (Å²) in [5.41, 5.74) is 3.12. The summed E-state index contributed by atoms with van der Waals surface area (Å²) in [5, 5.41) is 1.13. The highest BCUT2D eigenvalue weighted by Crippen LogP contribution is 2.27. The average Bonchev–Trinajstić information content (AvgIpc) is 2.59. The quantitative estimate of drug-likeness (QED) is 0.713. The average molecular weight is 291 g/mol. The van der Waals surface area contributed by atoms with Crippen molar-refractivity contribution in [2.24, 2.45) is 0 Å². The molecule has 3 rings (SSSR count). The summed E-state index contributed by atoms with van der Waals surface area (Å²) in [6, 6.07) is 15.9. The molecule has 2 aromatic carbocycles. The zero-order valence-corrected chi connectivity index (χ0v) is 12.6. The van der Waals surface area contributed by atoms with E-state index in [0.29, 0.717) is 0 Å². The van der Waals surface area contributed by atoms with Crippen molar-refractivity contribution in [1.29, 1.82) is 0 Å². The maximum Gasteiger partial charge on any atom is 0.129 e. The van der Waals surface area contributed by atoms with E-state index in [9.17, 15) is 0 Å². The van der Waals surface area contributed by atoms with E-state index >= 15 is 0 Å². The lowest BCUT2D eigenvalue weighted by Crippen LogP contribution is -1.89. The number of pyridine rings is 1. The third-order valence-electron chi connectivity index (χ3n) is 3.57. The van der Waals surface area contributed by atoms with Gasteiger partial charge in [-0.05, 0) is 29.8 Å². The normalized spacial score (nSPS) is 11.0. The smallest absolute Gasteiger partial charge is 0.129 e. The largest absolute Gasteiger partial charge is 0.497 e. The van der Waals surface area contributed by atoms with Crippen LogP contribution in [-0.2, 0) is 0 Å². The summed E-state index contributed by atoms with van der Waals surface area (Å²) < 4.78 is 10.6. The highest BCUT2D eigenvalue weighted by molar-refractivity contribution is 5.90. The van der Waals surface area contributed by atoms with Crippen molar-refractivity contribution in [3.63, 3.8) is 0 Å². The fourth-order valence-electron chi connectivity index (χ4n) is 2.40. The third-order valence-corrected chi connectivity index (χ3v) is 3.57. The van der Waals surface area contributed by atoms with E-state index in [1.807, 2.05) is 54.7 Å². The van der Waals surface area contributed by atoms with E-state index in [-0.39, 0.29) is 0 Å². The number of fused-ring (bicyclic) bond motifs is 1. The SMILES string of the molecule is COc1ccc(/C=C/c2ccnc3ccccc23)c(OC)c1. The van der Waals surface area contributed by atoms with Gasteiger partial charge in [-0.15, -0.1) is 0 Å². The van der Waals surface area contributed by atoms with Gasteiger partial charge < -0.3 is 9.47 Å². The summed E-state index contributed by atoms with van der Waals surface area (Å²) >= 11 is 0. The molecule has 0 saturated carbocycles. The molecule has 0 saturated heterocycles. The zero-order chi connectivity index (χ0) is 15.4. The highest BCUT2D eigenvalue weighted by Gasteiger charge is 2.03. The molecule has 22 heavy (non-hydrogen) atoms. The molecular weight excluding hydrogens is 274 g/mol. The summed E-state index contributed by atoms with van der Waals surface area (Å²) in [6.45, 7) is 0. The molecule has 0 unspecified atom stereocenters. The molecule has 0 aliphatic carbocycles. The maximum absolute atomic E-state index is 5.42. The number of hydrogen-bond donors (Lipinski definition) is 0. The van der Waals surface area contributed by atoms with Gasteiger partial charge in [0.2, 0.25) is 0 Å². The second-order valence-corrected chi connectivity index (χ2v) is 4.86. The molecule has 0 fully saturated rings. The molecule has 0 amide bonds. The van der Waals surface area contributed by atoms with Crippen LogP contribution >= 0.6 is 0 Å². The minimum atomic E-state index is 0.781. The van der Waals surface area contributed by atoms with Gasteiger partial charge in [0.25, 0.3) is 0 Å². The van der Waals surface area contributed by atoms with Crippen LogP contribution in [0, 0.1) is 0 Å². The predicted octanol–water partition coefficient (Wildman–Crippen LogP) is 4.42. The monoisotopic (exact) mass is 291 g/mol. The van der Waals surface area contributed by atoms with Crippen LogP contribution < -0.4 is 9.47 Å². The molecule has 0 radical (unpaired) electrons. The lowest BCUT2D eigenvalue weighted by Gasteiger charge is -2.07. The Kier molecular flexibility index (Phi) is 4.05. The van der Waals surface area contributed by atoms with Crippen molar-refractivity contribution in [3.05, 3.63) is 65.9 Å². The van der Waals surface area contributed by atoms with Crippen LogP contribution in [-0.4, -0.2) is 19.2 Å². The van der Waals surface area contributed by atoms with Gasteiger partial charge in [-0.3, -0.25) is 4.98 Å². The van der Waals surface area contributed by atoms with E-state index in [4.69, 9.17) is 9.47 Å². The number of aromatic nitrogens is 1. The second kappa shape index (κ2) is 6.31. The Labute approximate surface area is 129 Å². The Morgan fingerprint density at radius 3 is 2.50 bits per heavy atom. The fraction of sp³-hybridized carbons (Fsp3) is 0.105. The molecule has 3 aromatic rings. The van der Waals surface area contributed by atoms with Crippen LogP contribution in [0.15, 0.2) is 54.7 Å². The Morgan fingerprint density at radius 2 is 1.68 bits per heavy atom. The van der Waals surface area contributed by atoms with Crippen LogP contribution in [0.5, 0.6) is 11.5 Å². The van der Waals surface area contributed by atoms with Gasteiger partial charge in [0.1, 0.15) is 11.5 Å². The van der Waals surface area contributed by atoms with Crippen molar-refractivity contribution < 1.29 is 9.47 Å². The van der Waals surface area contributed by atoms with E-state index in [1.54, 1.807) is 14.2 Å². The first-order chi connectivity index (χ1) is 10.8. The fourth-order valence-corrected chi connectivity index (χ4v) is 2.40. The first-order valence-corrected chi connectivity index (χ1v) is 7.05. The minimum absolute atomic E-state index is 0.781. The molecule has 0 bridgehead atoms. The van der Waals surface area contributed by atoms with Gasteiger partial charge in [-0.2, -0.15) is 0 Å². The Hall–Kier alpha value is -2.81. The van der Waals surface area contributed by atoms with Crippen LogP contribution in [0.25, 0.3) is 23.1 Å². The van der Waals surface area contributed by atoms with Crippen molar-refractivity contribution in [3.8, 4) is 11.5 Å². The molecule has 0 aliphatic rings. The number of ether oxygens (including phenoxy) is 2. The van der Waals surface area contributed by atoms with Crippen molar-refractivity contribution in [2.45, 2.75) is 0 Å². The molecular formula is C19H17NO2. The second-order valence-electron chi connectivity index (χ2n) is 4.86. The third kappa shape index (κ3) is 2.79. The number of rotatable bonds is 4. The summed E-state index contributed by atoms with van der Waals surface area (Å²) in [4.78, 5) is 4.38. The summed E-state index contributed by atoms with van der Waals surface area (Å²) in [5.74, 6) is 1.57. The highest BCUT2D eigenvalue weighted by atomic mass is 16.5. The number of nitrogens with zero attached hydrogens (tertiary/aromatic N) is 1. The lowest BCUT2D eigenvalue weighted by molar-refractivity contribution is 0.394. The van der Waals surface area contributed by atoms with Gasteiger partial charge >= 0.3 is 0 Å². The summed E-state index contributed by atoms with van der Waals surface area (Å²) in [6.07, 6.45) is 5.95. The van der Waals surface area contributed by atoms with Gasteiger partial charge in [0.15, 0.2) is 0 Å². The standard InChI is InChI=1S/C19H17NO2/c1-21-16-10-9-15(19(13-16)22-2)8-7-14-11-12-20-18-6-4-3-5-17(14)18/h3-13H,1-2H3/b8-7+. The van der Waals surface area contributed by atoms with E-state index in [0.717, 1.165) is 33.5 Å². The first-order valence-electron chi connectivity index (χ1n) is 7.05. The molecule has 1 aromatic heterocycles. The van der Waals surface area contributed by atoms with Gasteiger partial charge in [-0.1, -0.05) is 30.4 Å². The van der Waals surface area contributed by atoms with Crippen LogP contribution in [0.1, 0.15) is 11.1 Å². The molecule has 0 atom stereocenters. The predicted molar refractivity (Wildman–Crippen MR) is 90.2 cm³/mol. The van der Waals surface area contributed by atoms with Crippen molar-refractivity contribution >= 4 is 23.1 Å². The van der Waals surface area contributed by atoms with Crippen LogP contribution in [0.2, 0.25) is 0 Å². The van der Waals surface area contributed by atoms with Crippen molar-refractivity contribution in [1.82, 2.24) is 4.98 Å². The number of para-hydroxylation sites is 1. The number of methoxy groups -OCH3 is 2. The molecule has 0 spiro atoms. The zero-order valence-electron chi connectivity index (χ0n) is 12.6. The molecule has 110 valence electrons. The minimum Gasteiger partial charge on any atom is -0.497 e.